The Labute approximate surface area is 105 Å². The molecule has 0 saturated carbocycles. The number of rotatable bonds is 1. The van der Waals surface area contributed by atoms with Crippen LogP contribution in [0.3, 0.4) is 0 Å². The third kappa shape index (κ3) is 1.96. The summed E-state index contributed by atoms with van der Waals surface area (Å²) in [6.07, 6.45) is 4.21. The van der Waals surface area contributed by atoms with Crippen molar-refractivity contribution in [3.05, 3.63) is 41.3 Å². The summed E-state index contributed by atoms with van der Waals surface area (Å²) in [6.45, 7) is 1.01. The van der Waals surface area contributed by atoms with E-state index in [1.165, 1.54) is 0 Å². The molecule has 2 heterocycles. The molecule has 0 saturated heterocycles. The summed E-state index contributed by atoms with van der Waals surface area (Å²) < 4.78 is 2.16. The molecular formula is C13H14ClN3. The van der Waals surface area contributed by atoms with E-state index >= 15 is 0 Å². The molecule has 0 fully saturated rings. The first-order valence-corrected chi connectivity index (χ1v) is 6.20. The van der Waals surface area contributed by atoms with Gasteiger partial charge >= 0.3 is 0 Å². The Kier molecular flexibility index (Phi) is 2.65. The van der Waals surface area contributed by atoms with Crippen LogP contribution in [0.4, 0.5) is 0 Å². The van der Waals surface area contributed by atoms with E-state index in [1.54, 1.807) is 0 Å². The van der Waals surface area contributed by atoms with E-state index < -0.39 is 0 Å². The van der Waals surface area contributed by atoms with Crippen LogP contribution in [0.1, 0.15) is 24.7 Å². The van der Waals surface area contributed by atoms with Gasteiger partial charge in [0.15, 0.2) is 0 Å². The quantitative estimate of drug-likeness (QED) is 0.842. The maximum absolute atomic E-state index is 6.06. The summed E-state index contributed by atoms with van der Waals surface area (Å²) in [6, 6.07) is 7.83. The average Bonchev–Trinajstić information content (AvgIpc) is 2.74. The minimum atomic E-state index is 0.0664. The van der Waals surface area contributed by atoms with Gasteiger partial charge in [-0.1, -0.05) is 23.7 Å². The molecule has 0 radical (unpaired) electrons. The largest absolute Gasteiger partial charge is 0.333 e. The minimum Gasteiger partial charge on any atom is -0.333 e. The van der Waals surface area contributed by atoms with Crippen molar-refractivity contribution in [3.63, 3.8) is 0 Å². The SMILES string of the molecule is NC1CCCn2cc(-c3cccc(Cl)c3)nc21. The van der Waals surface area contributed by atoms with Crippen molar-refractivity contribution in [1.82, 2.24) is 9.55 Å². The number of imidazole rings is 1. The lowest BCUT2D eigenvalue weighted by Crippen LogP contribution is -2.21. The summed E-state index contributed by atoms with van der Waals surface area (Å²) >= 11 is 5.99. The number of benzene rings is 1. The lowest BCUT2D eigenvalue weighted by Gasteiger charge is -2.19. The van der Waals surface area contributed by atoms with Crippen LogP contribution in [0.25, 0.3) is 11.3 Å². The maximum atomic E-state index is 6.06. The normalized spacial score (nSPS) is 19.1. The lowest BCUT2D eigenvalue weighted by atomic mass is 10.1. The van der Waals surface area contributed by atoms with Crippen molar-refractivity contribution in [2.75, 3.05) is 0 Å². The molecule has 1 aromatic heterocycles. The molecule has 0 spiro atoms. The molecule has 17 heavy (non-hydrogen) atoms. The van der Waals surface area contributed by atoms with E-state index in [9.17, 15) is 0 Å². The van der Waals surface area contributed by atoms with Crippen LogP contribution in [0.15, 0.2) is 30.5 Å². The summed E-state index contributed by atoms with van der Waals surface area (Å²) in [5, 5.41) is 0.734. The zero-order valence-electron chi connectivity index (χ0n) is 9.44. The van der Waals surface area contributed by atoms with Gasteiger partial charge in [0.25, 0.3) is 0 Å². The van der Waals surface area contributed by atoms with Crippen LogP contribution < -0.4 is 5.73 Å². The Bertz CT molecular complexity index is 547. The molecule has 4 heteroatoms. The standard InChI is InChI=1S/C13H14ClN3/c14-10-4-1-3-9(7-10)12-8-17-6-2-5-11(15)13(17)16-12/h1,3-4,7-8,11H,2,5-6,15H2. The number of aryl methyl sites for hydroxylation is 1. The van der Waals surface area contributed by atoms with E-state index in [4.69, 9.17) is 17.3 Å². The molecule has 3 nitrogen and oxygen atoms in total. The predicted octanol–water partition coefficient (Wildman–Crippen LogP) is 3.00. The molecule has 1 aliphatic rings. The van der Waals surface area contributed by atoms with E-state index in [0.29, 0.717) is 0 Å². The number of fused-ring (bicyclic) bond motifs is 1. The highest BCUT2D eigenvalue weighted by molar-refractivity contribution is 6.30. The van der Waals surface area contributed by atoms with Crippen LogP contribution in [-0.2, 0) is 6.54 Å². The number of hydrogen-bond donors (Lipinski definition) is 1. The molecular weight excluding hydrogens is 234 g/mol. The predicted molar refractivity (Wildman–Crippen MR) is 68.8 cm³/mol. The maximum Gasteiger partial charge on any atom is 0.126 e. The molecule has 0 amide bonds. The van der Waals surface area contributed by atoms with Crippen molar-refractivity contribution >= 4 is 11.6 Å². The fourth-order valence-electron chi connectivity index (χ4n) is 2.30. The van der Waals surface area contributed by atoms with Gasteiger partial charge in [0.05, 0.1) is 11.7 Å². The third-order valence-electron chi connectivity index (χ3n) is 3.17. The van der Waals surface area contributed by atoms with Crippen molar-refractivity contribution in [3.8, 4) is 11.3 Å². The second kappa shape index (κ2) is 4.17. The van der Waals surface area contributed by atoms with E-state index in [0.717, 1.165) is 41.5 Å². The summed E-state index contributed by atoms with van der Waals surface area (Å²) in [5.41, 5.74) is 8.06. The number of hydrogen-bond acceptors (Lipinski definition) is 2. The van der Waals surface area contributed by atoms with Gasteiger partial charge in [0, 0.05) is 23.3 Å². The number of nitrogens with zero attached hydrogens (tertiary/aromatic N) is 2. The summed E-state index contributed by atoms with van der Waals surface area (Å²) in [7, 11) is 0. The Hall–Kier alpha value is -1.32. The van der Waals surface area contributed by atoms with Gasteiger partial charge in [-0.05, 0) is 25.0 Å². The smallest absolute Gasteiger partial charge is 0.126 e. The molecule has 1 aromatic carbocycles. The van der Waals surface area contributed by atoms with E-state index in [-0.39, 0.29) is 6.04 Å². The summed E-state index contributed by atoms with van der Waals surface area (Å²) in [4.78, 5) is 4.62. The Morgan fingerprint density at radius 1 is 1.41 bits per heavy atom. The molecule has 1 aliphatic heterocycles. The van der Waals surface area contributed by atoms with Crippen LogP contribution in [0.5, 0.6) is 0 Å². The van der Waals surface area contributed by atoms with Crippen molar-refractivity contribution in [2.45, 2.75) is 25.4 Å². The van der Waals surface area contributed by atoms with Gasteiger partial charge in [-0.15, -0.1) is 0 Å². The van der Waals surface area contributed by atoms with Crippen LogP contribution >= 0.6 is 11.6 Å². The van der Waals surface area contributed by atoms with Gasteiger partial charge in [0.2, 0.25) is 0 Å². The number of aromatic nitrogens is 2. The molecule has 88 valence electrons. The van der Waals surface area contributed by atoms with Gasteiger partial charge < -0.3 is 10.3 Å². The highest BCUT2D eigenvalue weighted by Crippen LogP contribution is 2.27. The Morgan fingerprint density at radius 3 is 3.06 bits per heavy atom. The van der Waals surface area contributed by atoms with Crippen LogP contribution in [0, 0.1) is 0 Å². The highest BCUT2D eigenvalue weighted by Gasteiger charge is 2.19. The first kappa shape index (κ1) is 10.8. The van der Waals surface area contributed by atoms with Gasteiger partial charge in [-0.2, -0.15) is 0 Å². The van der Waals surface area contributed by atoms with Crippen molar-refractivity contribution in [2.24, 2.45) is 5.73 Å². The minimum absolute atomic E-state index is 0.0664. The molecule has 3 rings (SSSR count). The third-order valence-corrected chi connectivity index (χ3v) is 3.41. The van der Waals surface area contributed by atoms with Crippen LogP contribution in [-0.4, -0.2) is 9.55 Å². The lowest BCUT2D eigenvalue weighted by molar-refractivity contribution is 0.451. The van der Waals surface area contributed by atoms with E-state index in [2.05, 4.69) is 15.7 Å². The fourth-order valence-corrected chi connectivity index (χ4v) is 2.49. The second-order valence-electron chi connectivity index (χ2n) is 4.44. The first-order chi connectivity index (χ1) is 8.24. The van der Waals surface area contributed by atoms with Gasteiger partial charge in [0.1, 0.15) is 5.82 Å². The molecule has 0 bridgehead atoms. The monoisotopic (exact) mass is 247 g/mol. The molecule has 0 aliphatic carbocycles. The topological polar surface area (TPSA) is 43.8 Å². The highest BCUT2D eigenvalue weighted by atomic mass is 35.5. The second-order valence-corrected chi connectivity index (χ2v) is 4.87. The Morgan fingerprint density at radius 2 is 2.29 bits per heavy atom. The molecule has 1 unspecified atom stereocenters. The van der Waals surface area contributed by atoms with Gasteiger partial charge in [-0.3, -0.25) is 0 Å². The van der Waals surface area contributed by atoms with Crippen molar-refractivity contribution in [1.29, 1.82) is 0 Å². The number of nitrogens with two attached hydrogens (primary N) is 1. The first-order valence-electron chi connectivity index (χ1n) is 5.82. The number of halogens is 1. The summed E-state index contributed by atoms with van der Waals surface area (Å²) in [5.74, 6) is 0.992. The molecule has 1 atom stereocenters. The zero-order chi connectivity index (χ0) is 11.8. The molecule has 2 N–H and O–H groups in total. The zero-order valence-corrected chi connectivity index (χ0v) is 10.2. The average molecular weight is 248 g/mol. The Balaban J connectivity index is 2.05. The molecule has 2 aromatic rings. The fraction of sp³-hybridized carbons (Fsp3) is 0.308. The van der Waals surface area contributed by atoms with E-state index in [1.807, 2.05) is 24.3 Å². The van der Waals surface area contributed by atoms with Gasteiger partial charge in [-0.25, -0.2) is 4.98 Å². The van der Waals surface area contributed by atoms with Crippen LogP contribution in [0.2, 0.25) is 5.02 Å². The van der Waals surface area contributed by atoms with Crippen molar-refractivity contribution < 1.29 is 0 Å².